The summed E-state index contributed by atoms with van der Waals surface area (Å²) in [6.45, 7) is 5.93. The number of ether oxygens (including phenoxy) is 2. The Morgan fingerprint density at radius 1 is 0.833 bits per heavy atom. The zero-order chi connectivity index (χ0) is 25.9. The lowest BCUT2D eigenvalue weighted by atomic mass is 10.1. The van der Waals surface area contributed by atoms with Gasteiger partial charge >= 0.3 is 11.8 Å². The number of hydrogen-bond donors (Lipinski definition) is 3. The third-order valence-electron chi connectivity index (χ3n) is 4.79. The number of anilines is 2. The number of rotatable bonds is 9. The van der Waals surface area contributed by atoms with E-state index in [4.69, 9.17) is 9.47 Å². The van der Waals surface area contributed by atoms with Crippen LogP contribution in [0.3, 0.4) is 0 Å². The van der Waals surface area contributed by atoms with E-state index in [1.807, 2.05) is 39.0 Å². The van der Waals surface area contributed by atoms with Gasteiger partial charge in [0.25, 0.3) is 5.91 Å². The molecule has 0 saturated heterocycles. The second-order valence-electron chi connectivity index (χ2n) is 7.83. The number of nitrogens with zero attached hydrogens (tertiary/aromatic N) is 1. The normalized spacial score (nSPS) is 10.5. The predicted octanol–water partition coefficient (Wildman–Crippen LogP) is 3.81. The van der Waals surface area contributed by atoms with Crippen molar-refractivity contribution in [3.63, 3.8) is 0 Å². The van der Waals surface area contributed by atoms with Crippen LogP contribution >= 0.6 is 0 Å². The quantitative estimate of drug-likeness (QED) is 0.241. The van der Waals surface area contributed by atoms with Crippen LogP contribution in [0.1, 0.15) is 23.6 Å². The Hall–Kier alpha value is -4.66. The maximum Gasteiger partial charge on any atom is 0.329 e. The number of hydrogen-bond acceptors (Lipinski definition) is 6. The van der Waals surface area contributed by atoms with E-state index in [9.17, 15) is 14.4 Å². The number of carbonyl (C=O) groups excluding carboxylic acids is 3. The van der Waals surface area contributed by atoms with Crippen molar-refractivity contribution >= 4 is 35.3 Å². The molecule has 0 aliphatic rings. The molecule has 3 N–H and O–H groups in total. The average molecular weight is 489 g/mol. The minimum Gasteiger partial charge on any atom is -0.492 e. The van der Waals surface area contributed by atoms with E-state index in [0.29, 0.717) is 35.0 Å². The molecule has 0 aliphatic heterocycles. The van der Waals surface area contributed by atoms with E-state index in [-0.39, 0.29) is 12.5 Å². The zero-order valence-corrected chi connectivity index (χ0v) is 20.3. The van der Waals surface area contributed by atoms with Crippen LogP contribution in [0, 0.1) is 13.8 Å². The van der Waals surface area contributed by atoms with E-state index < -0.39 is 11.8 Å². The molecule has 36 heavy (non-hydrogen) atoms. The summed E-state index contributed by atoms with van der Waals surface area (Å²) in [7, 11) is 0. The van der Waals surface area contributed by atoms with Crippen LogP contribution in [-0.4, -0.2) is 37.1 Å². The van der Waals surface area contributed by atoms with E-state index in [0.717, 1.165) is 11.1 Å². The van der Waals surface area contributed by atoms with Crippen molar-refractivity contribution < 1.29 is 23.9 Å². The number of benzene rings is 3. The standard InChI is InChI=1S/C27H28N4O5/c1-4-35-24-12-8-6-10-22(24)30-26(33)27(34)31-28-16-20-9-5-7-11-23(20)36-17-25(32)29-21-14-18(2)13-19(3)15-21/h5-16H,4,17H2,1-3H3,(H,29,32)(H,30,33)(H,31,34)/b28-16-. The summed E-state index contributed by atoms with van der Waals surface area (Å²) in [6, 6.07) is 19.4. The Bertz CT molecular complexity index is 1250. The summed E-state index contributed by atoms with van der Waals surface area (Å²) in [5.41, 5.74) is 5.85. The molecule has 3 rings (SSSR count). The van der Waals surface area contributed by atoms with E-state index in [1.165, 1.54) is 6.21 Å². The topological polar surface area (TPSA) is 118 Å². The van der Waals surface area contributed by atoms with Crippen molar-refractivity contribution in [3.05, 3.63) is 83.4 Å². The first-order valence-corrected chi connectivity index (χ1v) is 11.3. The summed E-state index contributed by atoms with van der Waals surface area (Å²) in [6.07, 6.45) is 1.33. The van der Waals surface area contributed by atoms with Gasteiger partial charge in [-0.25, -0.2) is 5.43 Å². The van der Waals surface area contributed by atoms with Gasteiger partial charge in [0, 0.05) is 11.3 Å². The van der Waals surface area contributed by atoms with Gasteiger partial charge in [0.1, 0.15) is 11.5 Å². The summed E-state index contributed by atoms with van der Waals surface area (Å²) < 4.78 is 11.1. The fourth-order valence-corrected chi connectivity index (χ4v) is 3.35. The SMILES string of the molecule is CCOc1ccccc1NC(=O)C(=O)N/N=C\c1ccccc1OCC(=O)Nc1cc(C)cc(C)c1. The summed E-state index contributed by atoms with van der Waals surface area (Å²) in [4.78, 5) is 36.7. The molecule has 0 fully saturated rings. The Kier molecular flexibility index (Phi) is 9.16. The fourth-order valence-electron chi connectivity index (χ4n) is 3.35. The van der Waals surface area contributed by atoms with Gasteiger partial charge in [0.2, 0.25) is 0 Å². The molecule has 3 amide bonds. The van der Waals surface area contributed by atoms with Gasteiger partial charge in [-0.1, -0.05) is 30.3 Å². The average Bonchev–Trinajstić information content (AvgIpc) is 2.84. The fraction of sp³-hybridized carbons (Fsp3) is 0.185. The van der Waals surface area contributed by atoms with Gasteiger partial charge < -0.3 is 20.1 Å². The van der Waals surface area contributed by atoms with Gasteiger partial charge in [0.05, 0.1) is 18.5 Å². The summed E-state index contributed by atoms with van der Waals surface area (Å²) in [5.74, 6) is -1.32. The minimum atomic E-state index is -0.955. The van der Waals surface area contributed by atoms with Crippen LogP contribution in [0.2, 0.25) is 0 Å². The van der Waals surface area contributed by atoms with Crippen LogP contribution in [0.15, 0.2) is 71.8 Å². The van der Waals surface area contributed by atoms with Crippen molar-refractivity contribution in [1.82, 2.24) is 5.43 Å². The maximum atomic E-state index is 12.3. The molecular formula is C27H28N4O5. The molecule has 9 heteroatoms. The van der Waals surface area contributed by atoms with Gasteiger partial charge in [-0.05, 0) is 68.3 Å². The van der Waals surface area contributed by atoms with Gasteiger partial charge in [0.15, 0.2) is 6.61 Å². The minimum absolute atomic E-state index is 0.216. The maximum absolute atomic E-state index is 12.3. The van der Waals surface area contributed by atoms with Crippen molar-refractivity contribution in [2.75, 3.05) is 23.8 Å². The third-order valence-corrected chi connectivity index (χ3v) is 4.79. The molecule has 9 nitrogen and oxygen atoms in total. The number of para-hydroxylation sites is 3. The highest BCUT2D eigenvalue weighted by Gasteiger charge is 2.15. The lowest BCUT2D eigenvalue weighted by Crippen LogP contribution is -2.32. The van der Waals surface area contributed by atoms with Crippen molar-refractivity contribution in [1.29, 1.82) is 0 Å². The predicted molar refractivity (Wildman–Crippen MR) is 138 cm³/mol. The Balaban J connectivity index is 1.55. The monoisotopic (exact) mass is 488 g/mol. The zero-order valence-electron chi connectivity index (χ0n) is 20.3. The van der Waals surface area contributed by atoms with Crippen LogP contribution in [-0.2, 0) is 14.4 Å². The molecule has 3 aromatic carbocycles. The number of hydrazone groups is 1. The smallest absolute Gasteiger partial charge is 0.329 e. The number of carbonyl (C=O) groups is 3. The van der Waals surface area contributed by atoms with Gasteiger partial charge in [-0.2, -0.15) is 5.10 Å². The molecule has 0 radical (unpaired) electrons. The van der Waals surface area contributed by atoms with Crippen LogP contribution in [0.4, 0.5) is 11.4 Å². The van der Waals surface area contributed by atoms with E-state index in [1.54, 1.807) is 48.5 Å². The molecule has 0 aliphatic carbocycles. The lowest BCUT2D eigenvalue weighted by molar-refractivity contribution is -0.136. The molecular weight excluding hydrogens is 460 g/mol. The largest absolute Gasteiger partial charge is 0.492 e. The summed E-state index contributed by atoms with van der Waals surface area (Å²) in [5, 5.41) is 9.14. The van der Waals surface area contributed by atoms with Crippen LogP contribution < -0.4 is 25.5 Å². The van der Waals surface area contributed by atoms with Crippen molar-refractivity contribution in [3.8, 4) is 11.5 Å². The second kappa shape index (κ2) is 12.7. The lowest BCUT2D eigenvalue weighted by Gasteiger charge is -2.11. The number of aryl methyl sites for hydroxylation is 2. The number of amides is 3. The Morgan fingerprint density at radius 2 is 1.50 bits per heavy atom. The van der Waals surface area contributed by atoms with Crippen molar-refractivity contribution in [2.24, 2.45) is 5.10 Å². The molecule has 3 aromatic rings. The highest BCUT2D eigenvalue weighted by atomic mass is 16.5. The van der Waals surface area contributed by atoms with Gasteiger partial charge in [-0.15, -0.1) is 0 Å². The molecule has 0 atom stereocenters. The molecule has 0 saturated carbocycles. The highest BCUT2D eigenvalue weighted by Crippen LogP contribution is 2.23. The first kappa shape index (κ1) is 26.0. The molecule has 0 spiro atoms. The summed E-state index contributed by atoms with van der Waals surface area (Å²) >= 11 is 0. The second-order valence-corrected chi connectivity index (χ2v) is 7.83. The first-order valence-electron chi connectivity index (χ1n) is 11.3. The molecule has 0 bridgehead atoms. The molecule has 0 heterocycles. The Morgan fingerprint density at radius 3 is 2.22 bits per heavy atom. The van der Waals surface area contributed by atoms with E-state index in [2.05, 4.69) is 21.2 Å². The molecule has 0 aromatic heterocycles. The molecule has 0 unspecified atom stereocenters. The molecule has 186 valence electrons. The Labute approximate surface area is 209 Å². The number of nitrogens with one attached hydrogen (secondary N) is 3. The van der Waals surface area contributed by atoms with Crippen LogP contribution in [0.5, 0.6) is 11.5 Å². The third kappa shape index (κ3) is 7.69. The van der Waals surface area contributed by atoms with E-state index >= 15 is 0 Å². The highest BCUT2D eigenvalue weighted by molar-refractivity contribution is 6.39. The van der Waals surface area contributed by atoms with Crippen molar-refractivity contribution in [2.45, 2.75) is 20.8 Å². The van der Waals surface area contributed by atoms with Crippen LogP contribution in [0.25, 0.3) is 0 Å². The van der Waals surface area contributed by atoms with Gasteiger partial charge in [-0.3, -0.25) is 14.4 Å². The first-order chi connectivity index (χ1) is 17.4.